The van der Waals surface area contributed by atoms with Gasteiger partial charge in [0.1, 0.15) is 0 Å². The lowest BCUT2D eigenvalue weighted by molar-refractivity contribution is -0.565. The van der Waals surface area contributed by atoms with Crippen LogP contribution in [0.3, 0.4) is 0 Å². The number of benzene rings is 6. The summed E-state index contributed by atoms with van der Waals surface area (Å²) >= 11 is 0. The van der Waals surface area contributed by atoms with Crippen LogP contribution in [0.5, 0.6) is 0 Å². The minimum atomic E-state index is 0.149. The van der Waals surface area contributed by atoms with E-state index in [0.29, 0.717) is 0 Å². The lowest BCUT2D eigenvalue weighted by Crippen LogP contribution is -2.31. The Bertz CT molecular complexity index is 1710. The van der Waals surface area contributed by atoms with Gasteiger partial charge in [0.25, 0.3) is 0 Å². The maximum Gasteiger partial charge on any atom is 0.235 e. The van der Waals surface area contributed by atoms with E-state index in [1.165, 1.54) is 33.4 Å². The molecule has 0 saturated heterocycles. The molecule has 0 spiro atoms. The molecule has 7 rings (SSSR count). The molecular weight excluding hydrogens is 544 g/mol. The van der Waals surface area contributed by atoms with Gasteiger partial charge in [0.05, 0.1) is 13.1 Å². The normalized spacial score (nSPS) is 16.2. The van der Waals surface area contributed by atoms with Crippen molar-refractivity contribution in [3.05, 3.63) is 215 Å². The molecule has 0 radical (unpaired) electrons. The summed E-state index contributed by atoms with van der Waals surface area (Å²) in [6.45, 7) is 1.74. The Kier molecular flexibility index (Phi) is 8.64. The van der Waals surface area contributed by atoms with E-state index in [9.17, 15) is 0 Å². The highest BCUT2D eigenvalue weighted by molar-refractivity contribution is 5.55. The predicted octanol–water partition coefficient (Wildman–Crippen LogP) is 9.49. The minimum absolute atomic E-state index is 0.149. The minimum Gasteiger partial charge on any atom is -0.256 e. The van der Waals surface area contributed by atoms with Crippen molar-refractivity contribution < 1.29 is 4.58 Å². The second-order valence-electron chi connectivity index (χ2n) is 12.0. The first-order chi connectivity index (χ1) is 22.3. The van der Waals surface area contributed by atoms with Gasteiger partial charge in [-0.05, 0) is 22.3 Å². The van der Waals surface area contributed by atoms with Crippen LogP contribution in [0.1, 0.15) is 57.3 Å². The molecule has 0 aromatic heterocycles. The van der Waals surface area contributed by atoms with Gasteiger partial charge < -0.3 is 0 Å². The molecule has 220 valence electrons. The monoisotopic (exact) mass is 583 g/mol. The maximum absolute atomic E-state index is 2.62. The van der Waals surface area contributed by atoms with Crippen LogP contribution < -0.4 is 0 Å². The second kappa shape index (κ2) is 13.6. The van der Waals surface area contributed by atoms with E-state index in [1.807, 2.05) is 0 Å². The molecule has 0 saturated carbocycles. The number of nitrogens with zero attached hydrogens (tertiary/aromatic N) is 2. The maximum atomic E-state index is 2.62. The van der Waals surface area contributed by atoms with Crippen LogP contribution in [0.15, 0.2) is 182 Å². The van der Waals surface area contributed by atoms with E-state index in [2.05, 4.69) is 198 Å². The van der Waals surface area contributed by atoms with Crippen LogP contribution in [0, 0.1) is 0 Å². The SMILES string of the molecule is C1=[N+](CC(c2ccccc2)c2ccccc2)C(c2ccccc2)C(c2ccccc2)N1CC(c1ccccc1)c1ccccc1. The number of hydrogen-bond donors (Lipinski definition) is 0. The highest BCUT2D eigenvalue weighted by atomic mass is 15.3. The summed E-state index contributed by atoms with van der Waals surface area (Å²) in [6.07, 6.45) is 2.44. The zero-order valence-electron chi connectivity index (χ0n) is 25.5. The van der Waals surface area contributed by atoms with E-state index < -0.39 is 0 Å². The number of rotatable bonds is 10. The van der Waals surface area contributed by atoms with Crippen LogP contribution >= 0.6 is 0 Å². The van der Waals surface area contributed by atoms with Crippen molar-refractivity contribution in [3.8, 4) is 0 Å². The molecule has 0 N–H and O–H groups in total. The Morgan fingerprint density at radius 1 is 0.422 bits per heavy atom. The second-order valence-corrected chi connectivity index (χ2v) is 12.0. The average molecular weight is 584 g/mol. The largest absolute Gasteiger partial charge is 0.256 e. The molecule has 1 aliphatic rings. The Morgan fingerprint density at radius 2 is 0.778 bits per heavy atom. The molecule has 0 fully saturated rings. The van der Waals surface area contributed by atoms with Gasteiger partial charge in [0, 0.05) is 23.0 Å². The number of hydrogen-bond acceptors (Lipinski definition) is 1. The fourth-order valence-electron chi connectivity index (χ4n) is 7.04. The highest BCUT2D eigenvalue weighted by Gasteiger charge is 2.45. The van der Waals surface area contributed by atoms with Crippen molar-refractivity contribution in [2.75, 3.05) is 13.1 Å². The standard InChI is InChI=1S/C43H39N2/c1-7-19-34(20-8-1)40(35-21-9-2-10-22-35)31-44-33-45(32-41(36-23-11-3-12-24-36)37-25-13-4-14-26-37)43(39-29-17-6-18-30-39)42(44)38-27-15-5-16-28-38/h1-30,33,40-43H,31-32H2/q+1. The smallest absolute Gasteiger partial charge is 0.235 e. The summed E-state index contributed by atoms with van der Waals surface area (Å²) in [5, 5.41) is 0. The molecule has 2 nitrogen and oxygen atoms in total. The quantitative estimate of drug-likeness (QED) is 0.146. The van der Waals surface area contributed by atoms with Gasteiger partial charge in [-0.3, -0.25) is 9.48 Å². The lowest BCUT2D eigenvalue weighted by atomic mass is 9.87. The Hall–Kier alpha value is -5.21. The Balaban J connectivity index is 1.36. The van der Waals surface area contributed by atoms with Crippen molar-refractivity contribution in [3.63, 3.8) is 0 Å². The van der Waals surface area contributed by atoms with Crippen molar-refractivity contribution >= 4 is 6.34 Å². The van der Waals surface area contributed by atoms with E-state index in [1.54, 1.807) is 0 Å². The molecule has 0 aliphatic carbocycles. The van der Waals surface area contributed by atoms with Crippen molar-refractivity contribution in [2.45, 2.75) is 23.9 Å². The first-order valence-corrected chi connectivity index (χ1v) is 16.0. The Labute approximate surface area is 267 Å². The zero-order chi connectivity index (χ0) is 30.3. The fourth-order valence-corrected chi connectivity index (χ4v) is 7.04. The third-order valence-corrected chi connectivity index (χ3v) is 9.19. The van der Waals surface area contributed by atoms with Crippen LogP contribution in [0.25, 0.3) is 0 Å². The van der Waals surface area contributed by atoms with Crippen LogP contribution in [0.4, 0.5) is 0 Å². The first kappa shape index (κ1) is 28.6. The molecule has 0 amide bonds. The third kappa shape index (κ3) is 6.37. The average Bonchev–Trinajstić information content (AvgIpc) is 3.49. The molecule has 0 bridgehead atoms. The fraction of sp³-hybridized carbons (Fsp3) is 0.140. The molecule has 1 heterocycles. The zero-order valence-corrected chi connectivity index (χ0v) is 25.5. The van der Waals surface area contributed by atoms with Crippen molar-refractivity contribution in [2.24, 2.45) is 0 Å². The van der Waals surface area contributed by atoms with E-state index in [0.717, 1.165) is 13.1 Å². The van der Waals surface area contributed by atoms with Crippen molar-refractivity contribution in [1.29, 1.82) is 0 Å². The highest BCUT2D eigenvalue weighted by Crippen LogP contribution is 2.43. The predicted molar refractivity (Wildman–Crippen MR) is 186 cm³/mol. The van der Waals surface area contributed by atoms with Gasteiger partial charge in [-0.15, -0.1) is 0 Å². The van der Waals surface area contributed by atoms with Gasteiger partial charge in [-0.1, -0.05) is 182 Å². The van der Waals surface area contributed by atoms with Gasteiger partial charge in [-0.25, -0.2) is 0 Å². The molecule has 45 heavy (non-hydrogen) atoms. The van der Waals surface area contributed by atoms with Gasteiger partial charge in [-0.2, -0.15) is 0 Å². The summed E-state index contributed by atoms with van der Waals surface area (Å²) in [5.41, 5.74) is 8.02. The molecule has 1 aliphatic heterocycles. The molecule has 6 aromatic carbocycles. The summed E-state index contributed by atoms with van der Waals surface area (Å²) < 4.78 is 2.62. The van der Waals surface area contributed by atoms with E-state index >= 15 is 0 Å². The summed E-state index contributed by atoms with van der Waals surface area (Å²) in [4.78, 5) is 2.62. The van der Waals surface area contributed by atoms with Crippen molar-refractivity contribution in [1.82, 2.24) is 4.90 Å². The Morgan fingerprint density at radius 3 is 1.20 bits per heavy atom. The van der Waals surface area contributed by atoms with Gasteiger partial charge in [0.2, 0.25) is 6.34 Å². The molecule has 6 aromatic rings. The van der Waals surface area contributed by atoms with Crippen LogP contribution in [-0.2, 0) is 0 Å². The van der Waals surface area contributed by atoms with E-state index in [-0.39, 0.29) is 23.9 Å². The van der Waals surface area contributed by atoms with Gasteiger partial charge >= 0.3 is 0 Å². The van der Waals surface area contributed by atoms with Gasteiger partial charge in [0.15, 0.2) is 12.1 Å². The lowest BCUT2D eigenvalue weighted by Gasteiger charge is -2.28. The first-order valence-electron chi connectivity index (χ1n) is 16.0. The van der Waals surface area contributed by atoms with E-state index in [4.69, 9.17) is 0 Å². The summed E-state index contributed by atoms with van der Waals surface area (Å²) in [7, 11) is 0. The molecule has 2 heteroatoms. The third-order valence-electron chi connectivity index (χ3n) is 9.19. The summed E-state index contributed by atoms with van der Waals surface area (Å²) in [6, 6.07) is 66.4. The van der Waals surface area contributed by atoms with Crippen LogP contribution in [0.2, 0.25) is 0 Å². The van der Waals surface area contributed by atoms with Crippen LogP contribution in [-0.4, -0.2) is 28.9 Å². The topological polar surface area (TPSA) is 6.25 Å². The molecule has 2 unspecified atom stereocenters. The molecule has 2 atom stereocenters. The molecular formula is C43H39N2+. The summed E-state index contributed by atoms with van der Waals surface area (Å²) in [5.74, 6) is 0.454.